The molecule has 2 aliphatic heterocycles. The Morgan fingerprint density at radius 1 is 0.875 bits per heavy atom. The summed E-state index contributed by atoms with van der Waals surface area (Å²) < 4.78 is 34.5. The van der Waals surface area contributed by atoms with Crippen LogP contribution in [0.15, 0.2) is 77.7 Å². The van der Waals surface area contributed by atoms with Gasteiger partial charge in [0.05, 0.1) is 4.90 Å². The summed E-state index contributed by atoms with van der Waals surface area (Å²) in [5, 5.41) is 0. The maximum atomic E-state index is 13.2. The second-order valence-corrected chi connectivity index (χ2v) is 10.7. The zero-order valence-corrected chi connectivity index (χ0v) is 19.2. The molecule has 4 nitrogen and oxygen atoms in total. The van der Waals surface area contributed by atoms with Crippen molar-refractivity contribution in [2.75, 3.05) is 13.1 Å². The molecule has 1 saturated heterocycles. The largest absolute Gasteiger partial charge is 0.482 e. The van der Waals surface area contributed by atoms with Gasteiger partial charge in [-0.2, -0.15) is 4.31 Å². The lowest BCUT2D eigenvalue weighted by molar-refractivity contribution is 0.0620. The van der Waals surface area contributed by atoms with E-state index >= 15 is 0 Å². The van der Waals surface area contributed by atoms with E-state index < -0.39 is 15.6 Å². The molecule has 0 radical (unpaired) electrons. The summed E-state index contributed by atoms with van der Waals surface area (Å²) in [6, 6.07) is 22.1. The van der Waals surface area contributed by atoms with Crippen LogP contribution in [0.5, 0.6) is 5.75 Å². The zero-order valence-electron chi connectivity index (χ0n) is 18.4. The molecular formula is C27H27NO3S. The third-order valence-corrected chi connectivity index (χ3v) is 8.57. The fourth-order valence-electron chi connectivity index (χ4n) is 4.68. The van der Waals surface area contributed by atoms with Gasteiger partial charge in [-0.05, 0) is 54.8 Å². The molecule has 2 aliphatic rings. The standard InChI is InChI=1S/C27H27NO3S/c1-20-8-11-26(21(2)18-20)32(29,30)28-16-14-27(15-17-28)13-12-24-19-23(9-10-25(24)31-27)22-6-4-3-5-7-22/h3-13,18-19H,14-17H2,1-2H3. The minimum Gasteiger partial charge on any atom is -0.482 e. The van der Waals surface area contributed by atoms with Crippen molar-refractivity contribution in [3.8, 4) is 16.9 Å². The molecule has 5 heteroatoms. The molecule has 0 unspecified atom stereocenters. The van der Waals surface area contributed by atoms with Crippen LogP contribution in [0, 0.1) is 13.8 Å². The van der Waals surface area contributed by atoms with Gasteiger partial charge in [-0.3, -0.25) is 0 Å². The summed E-state index contributed by atoms with van der Waals surface area (Å²) in [4.78, 5) is 0.401. The first-order valence-electron chi connectivity index (χ1n) is 11.0. The summed E-state index contributed by atoms with van der Waals surface area (Å²) in [6.07, 6.45) is 5.51. The number of sulfonamides is 1. The lowest BCUT2D eigenvalue weighted by Crippen LogP contribution is -2.49. The van der Waals surface area contributed by atoms with Crippen molar-refractivity contribution in [2.45, 2.75) is 37.2 Å². The predicted octanol–water partition coefficient (Wildman–Crippen LogP) is 5.60. The molecule has 0 N–H and O–H groups in total. The van der Waals surface area contributed by atoms with E-state index in [1.165, 1.54) is 5.56 Å². The van der Waals surface area contributed by atoms with Gasteiger partial charge in [0.1, 0.15) is 11.4 Å². The third kappa shape index (κ3) is 3.76. The Balaban J connectivity index is 1.33. The molecule has 0 saturated carbocycles. The number of hydrogen-bond donors (Lipinski definition) is 0. The normalized spacial score (nSPS) is 17.7. The van der Waals surface area contributed by atoms with Gasteiger partial charge in [0.15, 0.2) is 0 Å². The van der Waals surface area contributed by atoms with E-state index in [4.69, 9.17) is 4.74 Å². The number of hydrogen-bond acceptors (Lipinski definition) is 3. The average molecular weight is 446 g/mol. The summed E-state index contributed by atoms with van der Waals surface area (Å²) in [6.45, 7) is 4.72. The fraction of sp³-hybridized carbons (Fsp3) is 0.259. The second-order valence-electron chi connectivity index (χ2n) is 8.79. The van der Waals surface area contributed by atoms with Gasteiger partial charge in [-0.1, -0.05) is 60.2 Å². The topological polar surface area (TPSA) is 46.6 Å². The summed E-state index contributed by atoms with van der Waals surface area (Å²) in [5.74, 6) is 0.859. The minimum atomic E-state index is -3.51. The Kier molecular flexibility index (Phi) is 5.19. The second kappa shape index (κ2) is 7.91. The predicted molar refractivity (Wildman–Crippen MR) is 128 cm³/mol. The van der Waals surface area contributed by atoms with Crippen molar-refractivity contribution in [2.24, 2.45) is 0 Å². The number of benzene rings is 3. The quantitative estimate of drug-likeness (QED) is 0.527. The molecule has 1 spiro atoms. The number of piperidine rings is 1. The van der Waals surface area contributed by atoms with Gasteiger partial charge < -0.3 is 4.74 Å². The maximum absolute atomic E-state index is 13.2. The van der Waals surface area contributed by atoms with E-state index in [-0.39, 0.29) is 0 Å². The first kappa shape index (κ1) is 21.0. The van der Waals surface area contributed by atoms with Crippen LogP contribution in [-0.4, -0.2) is 31.4 Å². The smallest absolute Gasteiger partial charge is 0.243 e. The molecule has 0 aliphatic carbocycles. The van der Waals surface area contributed by atoms with Crippen molar-refractivity contribution in [3.63, 3.8) is 0 Å². The summed E-state index contributed by atoms with van der Waals surface area (Å²) >= 11 is 0. The Morgan fingerprint density at radius 2 is 1.62 bits per heavy atom. The molecule has 1 fully saturated rings. The highest BCUT2D eigenvalue weighted by Gasteiger charge is 2.40. The van der Waals surface area contributed by atoms with Crippen LogP contribution >= 0.6 is 0 Å². The van der Waals surface area contributed by atoms with Gasteiger partial charge in [0, 0.05) is 31.5 Å². The molecule has 2 heterocycles. The van der Waals surface area contributed by atoms with E-state index in [1.807, 2.05) is 50.2 Å². The summed E-state index contributed by atoms with van der Waals surface area (Å²) in [7, 11) is -3.51. The molecule has 3 aromatic rings. The average Bonchev–Trinajstić information content (AvgIpc) is 2.79. The van der Waals surface area contributed by atoms with Gasteiger partial charge >= 0.3 is 0 Å². The van der Waals surface area contributed by atoms with Crippen LogP contribution in [0.25, 0.3) is 17.2 Å². The first-order valence-corrected chi connectivity index (χ1v) is 12.5. The highest BCUT2D eigenvalue weighted by Crippen LogP contribution is 2.39. The van der Waals surface area contributed by atoms with Crippen LogP contribution in [0.3, 0.4) is 0 Å². The Labute approximate surface area is 190 Å². The highest BCUT2D eigenvalue weighted by molar-refractivity contribution is 7.89. The Hall–Kier alpha value is -2.89. The van der Waals surface area contributed by atoms with Crippen molar-refractivity contribution >= 4 is 16.1 Å². The number of aryl methyl sites for hydroxylation is 2. The molecule has 0 bridgehead atoms. The van der Waals surface area contributed by atoms with Gasteiger partial charge in [0.2, 0.25) is 10.0 Å². The van der Waals surface area contributed by atoms with Crippen molar-refractivity contribution in [3.05, 3.63) is 89.5 Å². The number of ether oxygens (including phenoxy) is 1. The molecule has 5 rings (SSSR count). The van der Waals surface area contributed by atoms with E-state index in [9.17, 15) is 8.42 Å². The van der Waals surface area contributed by atoms with Crippen LogP contribution < -0.4 is 4.74 Å². The maximum Gasteiger partial charge on any atom is 0.243 e. The molecular weight excluding hydrogens is 418 g/mol. The first-order chi connectivity index (χ1) is 15.4. The Bertz CT molecular complexity index is 1290. The van der Waals surface area contributed by atoms with Crippen LogP contribution in [0.1, 0.15) is 29.5 Å². The van der Waals surface area contributed by atoms with E-state index in [1.54, 1.807) is 10.4 Å². The lowest BCUT2D eigenvalue weighted by atomic mass is 9.88. The SMILES string of the molecule is Cc1ccc(S(=O)(=O)N2CCC3(C=Cc4cc(-c5ccccc5)ccc4O3)CC2)c(C)c1. The Morgan fingerprint density at radius 3 is 2.34 bits per heavy atom. The van der Waals surface area contributed by atoms with Gasteiger partial charge in [-0.25, -0.2) is 8.42 Å². The highest BCUT2D eigenvalue weighted by atomic mass is 32.2. The molecule has 0 amide bonds. The number of fused-ring (bicyclic) bond motifs is 1. The molecule has 0 atom stereocenters. The van der Waals surface area contributed by atoms with Gasteiger partial charge in [-0.15, -0.1) is 0 Å². The van der Waals surface area contributed by atoms with Gasteiger partial charge in [0.25, 0.3) is 0 Å². The monoisotopic (exact) mass is 445 g/mol. The third-order valence-electron chi connectivity index (χ3n) is 6.51. The van der Waals surface area contributed by atoms with Crippen molar-refractivity contribution in [1.82, 2.24) is 4.31 Å². The van der Waals surface area contributed by atoms with Crippen molar-refractivity contribution in [1.29, 1.82) is 0 Å². The number of nitrogens with zero attached hydrogens (tertiary/aromatic N) is 1. The minimum absolute atomic E-state index is 0.401. The fourth-order valence-corrected chi connectivity index (χ4v) is 6.33. The molecule has 0 aromatic heterocycles. The van der Waals surface area contributed by atoms with E-state index in [2.05, 4.69) is 36.4 Å². The zero-order chi connectivity index (χ0) is 22.3. The van der Waals surface area contributed by atoms with E-state index in [0.717, 1.165) is 28.0 Å². The van der Waals surface area contributed by atoms with Crippen LogP contribution in [0.4, 0.5) is 0 Å². The van der Waals surface area contributed by atoms with Crippen molar-refractivity contribution < 1.29 is 13.2 Å². The van der Waals surface area contributed by atoms with Crippen LogP contribution in [0.2, 0.25) is 0 Å². The van der Waals surface area contributed by atoms with Crippen LogP contribution in [-0.2, 0) is 10.0 Å². The molecule has 32 heavy (non-hydrogen) atoms. The molecule has 3 aromatic carbocycles. The van der Waals surface area contributed by atoms with E-state index in [0.29, 0.717) is 30.8 Å². The number of rotatable bonds is 3. The molecule has 164 valence electrons. The summed E-state index contributed by atoms with van der Waals surface area (Å²) in [5.41, 5.74) is 4.80. The lowest BCUT2D eigenvalue weighted by Gasteiger charge is -2.41.